The van der Waals surface area contributed by atoms with Gasteiger partial charge in [0.05, 0.1) is 22.9 Å². The number of aromatic nitrogens is 3. The summed E-state index contributed by atoms with van der Waals surface area (Å²) in [5.41, 5.74) is 4.62. The molecular formula is C16H16N4OS2. The molecule has 7 heteroatoms. The maximum absolute atomic E-state index is 12.0. The molecule has 0 spiro atoms. The molecule has 1 unspecified atom stereocenters. The Balaban J connectivity index is 1.57. The van der Waals surface area contributed by atoms with Crippen molar-refractivity contribution in [2.24, 2.45) is 0 Å². The van der Waals surface area contributed by atoms with Crippen LogP contribution in [0.1, 0.15) is 30.1 Å². The fourth-order valence-corrected chi connectivity index (χ4v) is 3.54. The van der Waals surface area contributed by atoms with Crippen LogP contribution in [0, 0.1) is 0 Å². The van der Waals surface area contributed by atoms with Gasteiger partial charge in [0.15, 0.2) is 0 Å². The van der Waals surface area contributed by atoms with E-state index in [1.807, 2.05) is 29.8 Å². The van der Waals surface area contributed by atoms with Gasteiger partial charge in [-0.05, 0) is 25.5 Å². The predicted octanol–water partition coefficient (Wildman–Crippen LogP) is 3.47. The first-order valence-electron chi connectivity index (χ1n) is 7.24. The molecule has 0 aliphatic carbocycles. The lowest BCUT2D eigenvalue weighted by molar-refractivity contribution is -0.121. The summed E-state index contributed by atoms with van der Waals surface area (Å²) in [5, 5.41) is 7.85. The number of amides is 1. The topological polar surface area (TPSA) is 67.8 Å². The molecule has 3 rings (SSSR count). The van der Waals surface area contributed by atoms with Crippen LogP contribution < -0.4 is 5.32 Å². The Hall–Kier alpha value is -2.12. The van der Waals surface area contributed by atoms with Crippen LogP contribution >= 0.6 is 22.7 Å². The van der Waals surface area contributed by atoms with Gasteiger partial charge in [0.2, 0.25) is 5.91 Å². The average molecular weight is 344 g/mol. The number of hydrogen-bond acceptors (Lipinski definition) is 6. The van der Waals surface area contributed by atoms with Gasteiger partial charge in [-0.3, -0.25) is 9.78 Å². The van der Waals surface area contributed by atoms with E-state index in [0.717, 1.165) is 22.0 Å². The standard InChI is InChI=1S/C16H16N4OS2/c1-11(19-15(21)5-4-13-8-22-10-18-13)16-20-14(9-23-16)12-3-2-6-17-7-12/h2-3,6-11H,4-5H2,1H3,(H,19,21). The molecule has 1 amide bonds. The van der Waals surface area contributed by atoms with Gasteiger partial charge in [0.25, 0.3) is 0 Å². The smallest absolute Gasteiger partial charge is 0.220 e. The molecule has 0 radical (unpaired) electrons. The number of carbonyl (C=O) groups is 1. The quantitative estimate of drug-likeness (QED) is 0.743. The summed E-state index contributed by atoms with van der Waals surface area (Å²) in [7, 11) is 0. The largest absolute Gasteiger partial charge is 0.347 e. The van der Waals surface area contributed by atoms with Crippen LogP contribution in [0.15, 0.2) is 40.8 Å². The zero-order valence-corrected chi connectivity index (χ0v) is 14.2. The molecule has 1 N–H and O–H groups in total. The summed E-state index contributed by atoms with van der Waals surface area (Å²) in [6, 6.07) is 3.76. The van der Waals surface area contributed by atoms with Crippen molar-refractivity contribution in [3.05, 3.63) is 51.5 Å². The number of nitrogens with one attached hydrogen (secondary N) is 1. The van der Waals surface area contributed by atoms with E-state index >= 15 is 0 Å². The van der Waals surface area contributed by atoms with Crippen molar-refractivity contribution in [3.63, 3.8) is 0 Å². The first kappa shape index (κ1) is 15.8. The van der Waals surface area contributed by atoms with E-state index in [1.54, 1.807) is 40.6 Å². The summed E-state index contributed by atoms with van der Waals surface area (Å²) in [4.78, 5) is 24.9. The molecule has 23 heavy (non-hydrogen) atoms. The number of nitrogens with zero attached hydrogens (tertiary/aromatic N) is 3. The first-order chi connectivity index (χ1) is 11.2. The molecule has 0 saturated carbocycles. The maximum atomic E-state index is 12.0. The molecule has 0 aliphatic rings. The molecule has 0 saturated heterocycles. The SMILES string of the molecule is CC(NC(=O)CCc1cscn1)c1nc(-c2cccnc2)cs1. The van der Waals surface area contributed by atoms with Gasteiger partial charge in [0, 0.05) is 35.1 Å². The number of hydrogen-bond donors (Lipinski definition) is 1. The van der Waals surface area contributed by atoms with Crippen molar-refractivity contribution in [1.82, 2.24) is 20.3 Å². The van der Waals surface area contributed by atoms with Gasteiger partial charge < -0.3 is 5.32 Å². The summed E-state index contributed by atoms with van der Waals surface area (Å²) in [6.07, 6.45) is 4.63. The van der Waals surface area contributed by atoms with Crippen molar-refractivity contribution in [3.8, 4) is 11.3 Å². The second kappa shape index (κ2) is 7.43. The normalized spacial score (nSPS) is 12.0. The highest BCUT2D eigenvalue weighted by molar-refractivity contribution is 7.10. The molecule has 3 heterocycles. The van der Waals surface area contributed by atoms with E-state index in [2.05, 4.69) is 20.3 Å². The third kappa shape index (κ3) is 4.20. The first-order valence-corrected chi connectivity index (χ1v) is 9.07. The Labute approximate surface area is 142 Å². The van der Waals surface area contributed by atoms with E-state index in [1.165, 1.54) is 0 Å². The number of carbonyl (C=O) groups excluding carboxylic acids is 1. The van der Waals surface area contributed by atoms with Crippen LogP contribution in [0.5, 0.6) is 0 Å². The van der Waals surface area contributed by atoms with Gasteiger partial charge in [-0.2, -0.15) is 0 Å². The molecule has 118 valence electrons. The fraction of sp³-hybridized carbons (Fsp3) is 0.250. The van der Waals surface area contributed by atoms with Gasteiger partial charge in [-0.1, -0.05) is 0 Å². The highest BCUT2D eigenvalue weighted by Gasteiger charge is 2.14. The van der Waals surface area contributed by atoms with Crippen LogP contribution in [-0.4, -0.2) is 20.9 Å². The highest BCUT2D eigenvalue weighted by Crippen LogP contribution is 2.24. The maximum Gasteiger partial charge on any atom is 0.220 e. The minimum Gasteiger partial charge on any atom is -0.347 e. The van der Waals surface area contributed by atoms with E-state index < -0.39 is 0 Å². The lowest BCUT2D eigenvalue weighted by Crippen LogP contribution is -2.26. The predicted molar refractivity (Wildman–Crippen MR) is 92.3 cm³/mol. The highest BCUT2D eigenvalue weighted by atomic mass is 32.1. The number of pyridine rings is 1. The lowest BCUT2D eigenvalue weighted by Gasteiger charge is -2.10. The third-order valence-corrected chi connectivity index (χ3v) is 4.98. The van der Waals surface area contributed by atoms with E-state index in [-0.39, 0.29) is 11.9 Å². The molecule has 0 bridgehead atoms. The van der Waals surface area contributed by atoms with Crippen LogP contribution in [-0.2, 0) is 11.2 Å². The minimum atomic E-state index is -0.103. The molecule has 0 fully saturated rings. The zero-order chi connectivity index (χ0) is 16.1. The fourth-order valence-electron chi connectivity index (χ4n) is 2.11. The number of thiazole rings is 2. The molecule has 1 atom stereocenters. The summed E-state index contributed by atoms with van der Waals surface area (Å²) >= 11 is 3.09. The van der Waals surface area contributed by atoms with Gasteiger partial charge in [0.1, 0.15) is 5.01 Å². The zero-order valence-electron chi connectivity index (χ0n) is 12.6. The summed E-state index contributed by atoms with van der Waals surface area (Å²) in [5.74, 6) is 0.0172. The second-order valence-corrected chi connectivity index (χ2v) is 6.69. The summed E-state index contributed by atoms with van der Waals surface area (Å²) in [6.45, 7) is 1.95. The van der Waals surface area contributed by atoms with Gasteiger partial charge in [-0.15, -0.1) is 22.7 Å². The molecule has 5 nitrogen and oxygen atoms in total. The summed E-state index contributed by atoms with van der Waals surface area (Å²) < 4.78 is 0. The Morgan fingerprint density at radius 3 is 3.04 bits per heavy atom. The van der Waals surface area contributed by atoms with Gasteiger partial charge in [-0.25, -0.2) is 9.97 Å². The Bertz CT molecular complexity index is 756. The average Bonchev–Trinajstić information content (AvgIpc) is 3.25. The van der Waals surface area contributed by atoms with E-state index in [0.29, 0.717) is 12.8 Å². The molecule has 3 aromatic rings. The lowest BCUT2D eigenvalue weighted by atomic mass is 10.2. The van der Waals surface area contributed by atoms with Crippen molar-refractivity contribution < 1.29 is 4.79 Å². The number of aryl methyl sites for hydroxylation is 1. The Kier molecular flexibility index (Phi) is 5.09. The van der Waals surface area contributed by atoms with Crippen LogP contribution in [0.4, 0.5) is 0 Å². The molecule has 0 aromatic carbocycles. The Morgan fingerprint density at radius 1 is 1.39 bits per heavy atom. The van der Waals surface area contributed by atoms with Crippen molar-refractivity contribution >= 4 is 28.6 Å². The van der Waals surface area contributed by atoms with Crippen LogP contribution in [0.3, 0.4) is 0 Å². The van der Waals surface area contributed by atoms with Crippen molar-refractivity contribution in [2.75, 3.05) is 0 Å². The van der Waals surface area contributed by atoms with Crippen LogP contribution in [0.2, 0.25) is 0 Å². The Morgan fingerprint density at radius 2 is 2.30 bits per heavy atom. The van der Waals surface area contributed by atoms with E-state index in [9.17, 15) is 4.79 Å². The molecule has 0 aliphatic heterocycles. The monoisotopic (exact) mass is 344 g/mol. The number of rotatable bonds is 6. The van der Waals surface area contributed by atoms with E-state index in [4.69, 9.17) is 0 Å². The minimum absolute atomic E-state index is 0.0172. The second-order valence-electron chi connectivity index (χ2n) is 5.08. The molecular weight excluding hydrogens is 328 g/mol. The molecule has 3 aromatic heterocycles. The van der Waals surface area contributed by atoms with Gasteiger partial charge >= 0.3 is 0 Å². The third-order valence-electron chi connectivity index (χ3n) is 3.32. The van der Waals surface area contributed by atoms with Crippen molar-refractivity contribution in [1.29, 1.82) is 0 Å². The van der Waals surface area contributed by atoms with Crippen LogP contribution in [0.25, 0.3) is 11.3 Å². The van der Waals surface area contributed by atoms with Crippen molar-refractivity contribution in [2.45, 2.75) is 25.8 Å².